The number of hydrogen-bond acceptors (Lipinski definition) is 2. The molecule has 1 aromatic heterocycles. The zero-order valence-corrected chi connectivity index (χ0v) is 29.6. The summed E-state index contributed by atoms with van der Waals surface area (Å²) in [7, 11) is 0. The molecule has 0 radical (unpaired) electrons. The second-order valence-corrected chi connectivity index (χ2v) is 14.1. The van der Waals surface area contributed by atoms with Gasteiger partial charge in [-0.25, -0.2) is 14.8 Å². The predicted molar refractivity (Wildman–Crippen MR) is 218 cm³/mol. The number of aromatic nitrogens is 2. The van der Waals surface area contributed by atoms with Gasteiger partial charge in [0, 0.05) is 22.1 Å². The Kier molecular flexibility index (Phi) is 7.87. The van der Waals surface area contributed by atoms with Gasteiger partial charge in [-0.3, -0.25) is 0 Å². The Labute approximate surface area is 310 Å². The van der Waals surface area contributed by atoms with Gasteiger partial charge in [0.05, 0.1) is 18.0 Å². The van der Waals surface area contributed by atoms with E-state index in [2.05, 4.69) is 176 Å². The largest absolute Gasteiger partial charge is 0.238 e. The van der Waals surface area contributed by atoms with Crippen LogP contribution in [0.2, 0.25) is 0 Å². The van der Waals surface area contributed by atoms with E-state index in [0.717, 1.165) is 67.0 Å². The topological polar surface area (TPSA) is 30.1 Å². The third-order valence-corrected chi connectivity index (χ3v) is 10.5. The number of rotatable bonds is 6. The van der Waals surface area contributed by atoms with E-state index in [9.17, 15) is 0 Å². The molecule has 9 rings (SSSR count). The Morgan fingerprint density at radius 1 is 0.415 bits per heavy atom. The van der Waals surface area contributed by atoms with Crippen molar-refractivity contribution in [2.45, 2.75) is 19.3 Å². The quantitative estimate of drug-likeness (QED) is 0.164. The first-order valence-electron chi connectivity index (χ1n) is 17.9. The second kappa shape index (κ2) is 13.0. The number of benzene rings is 7. The van der Waals surface area contributed by atoms with Crippen LogP contribution in [0.4, 0.5) is 5.69 Å². The van der Waals surface area contributed by atoms with Gasteiger partial charge in [-0.15, -0.1) is 0 Å². The fourth-order valence-corrected chi connectivity index (χ4v) is 7.78. The maximum absolute atomic E-state index is 7.71. The molecule has 0 bridgehead atoms. The summed E-state index contributed by atoms with van der Waals surface area (Å²) in [6, 6.07) is 61.5. The van der Waals surface area contributed by atoms with Crippen molar-refractivity contribution in [3.63, 3.8) is 0 Å². The van der Waals surface area contributed by atoms with E-state index < -0.39 is 0 Å². The molecule has 0 N–H and O–H groups in total. The first-order valence-corrected chi connectivity index (χ1v) is 17.9. The summed E-state index contributed by atoms with van der Waals surface area (Å²) < 4.78 is 0. The summed E-state index contributed by atoms with van der Waals surface area (Å²) in [5.74, 6) is 0.665. The molecule has 0 saturated heterocycles. The molecule has 1 aliphatic rings. The molecule has 3 nitrogen and oxygen atoms in total. The van der Waals surface area contributed by atoms with Crippen LogP contribution in [0.3, 0.4) is 0 Å². The second-order valence-electron chi connectivity index (χ2n) is 14.1. The van der Waals surface area contributed by atoms with Gasteiger partial charge in [-0.05, 0) is 86.0 Å². The van der Waals surface area contributed by atoms with E-state index in [4.69, 9.17) is 16.5 Å². The van der Waals surface area contributed by atoms with Crippen molar-refractivity contribution in [3.8, 4) is 78.4 Å². The van der Waals surface area contributed by atoms with E-state index in [1.165, 1.54) is 16.7 Å². The molecule has 0 atom stereocenters. The van der Waals surface area contributed by atoms with Crippen LogP contribution in [-0.4, -0.2) is 9.97 Å². The van der Waals surface area contributed by atoms with Crippen LogP contribution in [0, 0.1) is 6.57 Å². The fourth-order valence-electron chi connectivity index (χ4n) is 7.78. The molecule has 53 heavy (non-hydrogen) atoms. The lowest BCUT2D eigenvalue weighted by Crippen LogP contribution is -2.14. The summed E-state index contributed by atoms with van der Waals surface area (Å²) in [5, 5.41) is 0. The number of nitrogens with zero attached hydrogens (tertiary/aromatic N) is 3. The van der Waals surface area contributed by atoms with E-state index in [1.807, 2.05) is 18.2 Å². The fraction of sp³-hybridized carbons (Fsp3) is 0.0600. The van der Waals surface area contributed by atoms with Gasteiger partial charge in [0.1, 0.15) is 0 Å². The molecule has 1 aliphatic carbocycles. The normalized spacial score (nSPS) is 12.5. The highest BCUT2D eigenvalue weighted by Gasteiger charge is 2.36. The monoisotopic (exact) mass is 677 g/mol. The van der Waals surface area contributed by atoms with Gasteiger partial charge in [0.15, 0.2) is 11.5 Å². The molecule has 0 aliphatic heterocycles. The van der Waals surface area contributed by atoms with Crippen LogP contribution in [0.25, 0.3) is 83.3 Å². The third-order valence-electron chi connectivity index (χ3n) is 10.5. The van der Waals surface area contributed by atoms with Crippen LogP contribution in [0.15, 0.2) is 176 Å². The molecular formula is C50H35N3. The van der Waals surface area contributed by atoms with Gasteiger partial charge >= 0.3 is 0 Å². The van der Waals surface area contributed by atoms with Crippen molar-refractivity contribution >= 4 is 5.69 Å². The minimum absolute atomic E-state index is 0.173. The van der Waals surface area contributed by atoms with E-state index in [-0.39, 0.29) is 5.41 Å². The molecule has 0 saturated carbocycles. The zero-order valence-electron chi connectivity index (χ0n) is 29.6. The average Bonchev–Trinajstić information content (AvgIpc) is 3.46. The highest BCUT2D eigenvalue weighted by molar-refractivity contribution is 5.94. The molecule has 3 heteroatoms. The van der Waals surface area contributed by atoms with Crippen LogP contribution in [-0.2, 0) is 5.41 Å². The molecular weight excluding hydrogens is 643 g/mol. The Morgan fingerprint density at radius 2 is 0.925 bits per heavy atom. The highest BCUT2D eigenvalue weighted by atomic mass is 14.9. The zero-order chi connectivity index (χ0) is 35.9. The lowest BCUT2D eigenvalue weighted by Gasteiger charge is -2.21. The van der Waals surface area contributed by atoms with Crippen molar-refractivity contribution in [3.05, 3.63) is 198 Å². The van der Waals surface area contributed by atoms with Gasteiger partial charge in [-0.2, -0.15) is 0 Å². The molecule has 1 heterocycles. The Morgan fingerprint density at radius 3 is 1.53 bits per heavy atom. The average molecular weight is 678 g/mol. The van der Waals surface area contributed by atoms with Gasteiger partial charge in [0.25, 0.3) is 0 Å². The predicted octanol–water partition coefficient (Wildman–Crippen LogP) is 13.3. The SMILES string of the molecule is [C-]#[N+]c1ccc2c(c1)-c1c(-c3cccc(-c4nc(-c5cccc(-c6ccccc6)c5)cc(-c5cccc(-c6ccccc6)c5)n4)c3)cccc1C2(C)C. The number of hydrogen-bond donors (Lipinski definition) is 0. The smallest absolute Gasteiger partial charge is 0.187 e. The van der Waals surface area contributed by atoms with Crippen LogP contribution < -0.4 is 0 Å². The van der Waals surface area contributed by atoms with Gasteiger partial charge in [-0.1, -0.05) is 159 Å². The number of fused-ring (bicyclic) bond motifs is 3. The van der Waals surface area contributed by atoms with Crippen molar-refractivity contribution in [2.24, 2.45) is 0 Å². The lowest BCUT2D eigenvalue weighted by molar-refractivity contribution is 0.660. The lowest BCUT2D eigenvalue weighted by atomic mass is 9.82. The Bertz CT molecular complexity index is 2600. The van der Waals surface area contributed by atoms with Crippen molar-refractivity contribution in [1.29, 1.82) is 0 Å². The molecule has 0 amide bonds. The van der Waals surface area contributed by atoms with E-state index >= 15 is 0 Å². The minimum Gasteiger partial charge on any atom is -0.238 e. The van der Waals surface area contributed by atoms with Gasteiger partial charge in [0.2, 0.25) is 0 Å². The summed E-state index contributed by atoms with van der Waals surface area (Å²) >= 11 is 0. The maximum Gasteiger partial charge on any atom is 0.187 e. The first kappa shape index (κ1) is 32.0. The summed E-state index contributed by atoms with van der Waals surface area (Å²) in [6.07, 6.45) is 0. The maximum atomic E-state index is 7.71. The molecule has 8 aromatic rings. The molecule has 0 spiro atoms. The Balaban J connectivity index is 1.21. The standard InChI is InChI=1S/C50H35N3/c1-50(2)44-27-26-41(51-3)31-43(44)48-42(24-13-25-45(48)50)37-20-12-23-40(30-37)49-52-46(38-21-10-18-35(28-38)33-14-6-4-7-15-33)32-47(53-49)39-22-11-19-36(29-39)34-16-8-5-9-17-34/h4-32H,1-2H3. The van der Waals surface area contributed by atoms with Crippen LogP contribution in [0.5, 0.6) is 0 Å². The first-order chi connectivity index (χ1) is 26.0. The minimum atomic E-state index is -0.173. The molecule has 250 valence electrons. The molecule has 0 fully saturated rings. The third kappa shape index (κ3) is 5.81. The van der Waals surface area contributed by atoms with Crippen molar-refractivity contribution in [2.75, 3.05) is 0 Å². The molecule has 7 aromatic carbocycles. The van der Waals surface area contributed by atoms with Gasteiger partial charge < -0.3 is 0 Å². The van der Waals surface area contributed by atoms with Crippen molar-refractivity contribution in [1.82, 2.24) is 9.97 Å². The summed E-state index contributed by atoms with van der Waals surface area (Å²) in [4.78, 5) is 14.3. The van der Waals surface area contributed by atoms with Crippen LogP contribution >= 0.6 is 0 Å². The van der Waals surface area contributed by atoms with E-state index in [0.29, 0.717) is 11.5 Å². The Hall–Kier alpha value is -6.89. The summed E-state index contributed by atoms with van der Waals surface area (Å²) in [6.45, 7) is 12.3. The van der Waals surface area contributed by atoms with Crippen LogP contribution in [0.1, 0.15) is 25.0 Å². The highest BCUT2D eigenvalue weighted by Crippen LogP contribution is 2.53. The molecule has 0 unspecified atom stereocenters. The summed E-state index contributed by atoms with van der Waals surface area (Å²) in [5.41, 5.74) is 16.9. The van der Waals surface area contributed by atoms with Crippen molar-refractivity contribution < 1.29 is 0 Å². The van der Waals surface area contributed by atoms with E-state index in [1.54, 1.807) is 0 Å².